The molecular formula is C25H29NO5. The fourth-order valence-electron chi connectivity index (χ4n) is 4.75. The van der Waals surface area contributed by atoms with Crippen molar-refractivity contribution in [3.8, 4) is 11.1 Å². The topological polar surface area (TPSA) is 76.1 Å². The Bertz CT molecular complexity index is 934. The Morgan fingerprint density at radius 1 is 1.03 bits per heavy atom. The molecule has 164 valence electrons. The van der Waals surface area contributed by atoms with Gasteiger partial charge in [0.2, 0.25) is 0 Å². The molecule has 1 unspecified atom stereocenters. The first kappa shape index (κ1) is 21.4. The molecular weight excluding hydrogens is 394 g/mol. The average molecular weight is 424 g/mol. The van der Waals surface area contributed by atoms with E-state index in [4.69, 9.17) is 9.47 Å². The Labute approximate surface area is 182 Å². The van der Waals surface area contributed by atoms with Gasteiger partial charge < -0.3 is 19.5 Å². The van der Waals surface area contributed by atoms with Crippen molar-refractivity contribution in [2.24, 2.45) is 0 Å². The summed E-state index contributed by atoms with van der Waals surface area (Å²) < 4.78 is 11.8. The highest BCUT2D eigenvalue weighted by Gasteiger charge is 2.40. The number of carbonyl (C=O) groups excluding carboxylic acids is 1. The van der Waals surface area contributed by atoms with Gasteiger partial charge in [-0.15, -0.1) is 0 Å². The average Bonchev–Trinajstić information content (AvgIpc) is 3.23. The van der Waals surface area contributed by atoms with Crippen molar-refractivity contribution in [3.05, 3.63) is 59.7 Å². The predicted octanol–water partition coefficient (Wildman–Crippen LogP) is 4.67. The molecule has 2 aromatic carbocycles. The maximum absolute atomic E-state index is 13.0. The van der Waals surface area contributed by atoms with Gasteiger partial charge in [0.15, 0.2) is 0 Å². The lowest BCUT2D eigenvalue weighted by Crippen LogP contribution is -2.38. The quantitative estimate of drug-likeness (QED) is 0.756. The predicted molar refractivity (Wildman–Crippen MR) is 117 cm³/mol. The lowest BCUT2D eigenvalue weighted by molar-refractivity contribution is -0.138. The summed E-state index contributed by atoms with van der Waals surface area (Å²) in [5.41, 5.74) is 4.27. The largest absolute Gasteiger partial charge is 0.481 e. The number of fused-ring (bicyclic) bond motifs is 3. The highest BCUT2D eigenvalue weighted by molar-refractivity contribution is 5.79. The van der Waals surface area contributed by atoms with Gasteiger partial charge in [0.1, 0.15) is 6.61 Å². The Kier molecular flexibility index (Phi) is 5.75. The van der Waals surface area contributed by atoms with Gasteiger partial charge in [-0.1, -0.05) is 48.5 Å². The van der Waals surface area contributed by atoms with Crippen LogP contribution in [0, 0.1) is 0 Å². The van der Waals surface area contributed by atoms with E-state index in [1.54, 1.807) is 0 Å². The molecule has 1 aliphatic heterocycles. The van der Waals surface area contributed by atoms with E-state index < -0.39 is 18.1 Å². The molecule has 1 aliphatic carbocycles. The highest BCUT2D eigenvalue weighted by atomic mass is 16.6. The van der Waals surface area contributed by atoms with E-state index in [0.29, 0.717) is 13.0 Å². The Hall–Kier alpha value is -2.86. The minimum absolute atomic E-state index is 0.0292. The second kappa shape index (κ2) is 8.35. The van der Waals surface area contributed by atoms with Crippen molar-refractivity contribution in [2.75, 3.05) is 13.2 Å². The third-order valence-electron chi connectivity index (χ3n) is 5.88. The molecule has 2 atom stereocenters. The smallest absolute Gasteiger partial charge is 0.410 e. The first-order valence-corrected chi connectivity index (χ1v) is 10.7. The molecule has 4 rings (SSSR count). The minimum Gasteiger partial charge on any atom is -0.481 e. The van der Waals surface area contributed by atoms with E-state index in [1.165, 1.54) is 16.0 Å². The molecule has 1 N–H and O–H groups in total. The molecule has 0 bridgehead atoms. The molecule has 1 fully saturated rings. The molecule has 0 saturated carbocycles. The number of hydrogen-bond donors (Lipinski definition) is 1. The van der Waals surface area contributed by atoms with Crippen LogP contribution in [0.25, 0.3) is 11.1 Å². The molecule has 2 aromatic rings. The van der Waals surface area contributed by atoms with Crippen molar-refractivity contribution in [2.45, 2.75) is 57.3 Å². The van der Waals surface area contributed by atoms with Crippen LogP contribution in [0.1, 0.15) is 50.7 Å². The van der Waals surface area contributed by atoms with Crippen molar-refractivity contribution >= 4 is 12.1 Å². The summed E-state index contributed by atoms with van der Waals surface area (Å²) in [5.74, 6) is -0.962. The summed E-state index contributed by atoms with van der Waals surface area (Å²) in [6.07, 6.45) is -0.306. The fraction of sp³-hybridized carbons (Fsp3) is 0.440. The number of ether oxygens (including phenoxy) is 2. The fourth-order valence-corrected chi connectivity index (χ4v) is 4.75. The van der Waals surface area contributed by atoms with E-state index in [0.717, 1.165) is 11.1 Å². The molecule has 2 aliphatic rings. The van der Waals surface area contributed by atoms with Gasteiger partial charge in [-0.2, -0.15) is 0 Å². The Morgan fingerprint density at radius 3 is 2.16 bits per heavy atom. The number of carbonyl (C=O) groups is 2. The Morgan fingerprint density at radius 2 is 1.61 bits per heavy atom. The summed E-state index contributed by atoms with van der Waals surface area (Å²) >= 11 is 0. The maximum atomic E-state index is 13.0. The van der Waals surface area contributed by atoms with Crippen molar-refractivity contribution in [3.63, 3.8) is 0 Å². The number of amides is 1. The van der Waals surface area contributed by atoms with Crippen LogP contribution in [0.2, 0.25) is 0 Å². The summed E-state index contributed by atoms with van der Waals surface area (Å²) in [7, 11) is 0. The van der Waals surface area contributed by atoms with Gasteiger partial charge in [-0.3, -0.25) is 4.79 Å². The van der Waals surface area contributed by atoms with Crippen LogP contribution < -0.4 is 0 Å². The van der Waals surface area contributed by atoms with Crippen molar-refractivity contribution in [1.29, 1.82) is 0 Å². The third kappa shape index (κ3) is 4.59. The lowest BCUT2D eigenvalue weighted by atomic mass is 9.98. The zero-order chi connectivity index (χ0) is 22.2. The van der Waals surface area contributed by atoms with Gasteiger partial charge >= 0.3 is 12.1 Å². The van der Waals surface area contributed by atoms with Gasteiger partial charge in [-0.05, 0) is 49.4 Å². The third-order valence-corrected chi connectivity index (χ3v) is 5.88. The van der Waals surface area contributed by atoms with E-state index in [-0.39, 0.29) is 30.7 Å². The van der Waals surface area contributed by atoms with Gasteiger partial charge in [0.05, 0.1) is 24.7 Å². The number of nitrogens with zero attached hydrogens (tertiary/aromatic N) is 1. The second-order valence-corrected chi connectivity index (χ2v) is 9.30. The number of rotatable bonds is 5. The SMILES string of the molecule is CC(C)(C)O[C@@H]1CC(CC(=O)O)N(C(=O)OCC2c3ccccc3-c3ccccc32)C1. The summed E-state index contributed by atoms with van der Waals surface area (Å²) in [6.45, 7) is 6.42. The molecule has 31 heavy (non-hydrogen) atoms. The molecule has 0 spiro atoms. The van der Waals surface area contributed by atoms with Crippen LogP contribution in [0.3, 0.4) is 0 Å². The maximum Gasteiger partial charge on any atom is 0.410 e. The monoisotopic (exact) mass is 423 g/mol. The number of benzene rings is 2. The van der Waals surface area contributed by atoms with Crippen LogP contribution in [0.4, 0.5) is 4.79 Å². The first-order valence-electron chi connectivity index (χ1n) is 10.7. The standard InChI is InChI=1S/C25H29NO5/c1-25(2,3)31-17-12-16(13-23(27)28)26(14-17)24(29)30-15-22-20-10-6-4-8-18(20)19-9-5-7-11-21(19)22/h4-11,16-17,22H,12-15H2,1-3H3,(H,27,28)/t16?,17-/m1/s1. The molecule has 0 radical (unpaired) electrons. The molecule has 1 saturated heterocycles. The Balaban J connectivity index is 1.48. The minimum atomic E-state index is -0.933. The second-order valence-electron chi connectivity index (χ2n) is 9.30. The number of carboxylic acid groups (broad SMARTS) is 1. The summed E-state index contributed by atoms with van der Waals surface area (Å²) in [4.78, 5) is 25.8. The van der Waals surface area contributed by atoms with Crippen molar-refractivity contribution < 1.29 is 24.2 Å². The van der Waals surface area contributed by atoms with Crippen LogP contribution in [-0.2, 0) is 14.3 Å². The summed E-state index contributed by atoms with van der Waals surface area (Å²) in [6, 6.07) is 15.9. The van der Waals surface area contributed by atoms with E-state index in [1.807, 2.05) is 45.0 Å². The van der Waals surface area contributed by atoms with Gasteiger partial charge in [0, 0.05) is 12.0 Å². The molecule has 6 heteroatoms. The first-order chi connectivity index (χ1) is 14.7. The zero-order valence-corrected chi connectivity index (χ0v) is 18.2. The van der Waals surface area contributed by atoms with Gasteiger partial charge in [0.25, 0.3) is 0 Å². The molecule has 1 heterocycles. The summed E-state index contributed by atoms with van der Waals surface area (Å²) in [5, 5.41) is 9.29. The number of carboxylic acids is 1. The zero-order valence-electron chi connectivity index (χ0n) is 18.2. The molecule has 6 nitrogen and oxygen atoms in total. The number of aliphatic carboxylic acids is 1. The highest BCUT2D eigenvalue weighted by Crippen LogP contribution is 2.44. The van der Waals surface area contributed by atoms with Crippen LogP contribution in [0.5, 0.6) is 0 Å². The molecule has 1 amide bonds. The van der Waals surface area contributed by atoms with Crippen LogP contribution >= 0.6 is 0 Å². The van der Waals surface area contributed by atoms with E-state index in [9.17, 15) is 14.7 Å². The number of likely N-dealkylation sites (tertiary alicyclic amines) is 1. The normalized spacial score (nSPS) is 20.4. The van der Waals surface area contributed by atoms with E-state index in [2.05, 4.69) is 24.3 Å². The molecule has 0 aromatic heterocycles. The van der Waals surface area contributed by atoms with Gasteiger partial charge in [-0.25, -0.2) is 4.79 Å². The number of hydrogen-bond acceptors (Lipinski definition) is 4. The van der Waals surface area contributed by atoms with Crippen LogP contribution in [0.15, 0.2) is 48.5 Å². The van der Waals surface area contributed by atoms with Crippen molar-refractivity contribution in [1.82, 2.24) is 4.90 Å². The van der Waals surface area contributed by atoms with E-state index >= 15 is 0 Å². The van der Waals surface area contributed by atoms with Crippen LogP contribution in [-0.4, -0.2) is 53.0 Å². The lowest BCUT2D eigenvalue weighted by Gasteiger charge is -2.25.